The number of H-pyrrole nitrogens is 1. The highest BCUT2D eigenvalue weighted by Crippen LogP contribution is 2.40. The van der Waals surface area contributed by atoms with Crippen molar-refractivity contribution in [1.82, 2.24) is 4.98 Å². The van der Waals surface area contributed by atoms with Gasteiger partial charge in [-0.15, -0.1) is 0 Å². The van der Waals surface area contributed by atoms with Gasteiger partial charge in [-0.25, -0.2) is 9.18 Å². The molecule has 110 valence electrons. The second kappa shape index (κ2) is 4.34. The molecule has 2 aromatic carbocycles. The average molecular weight is 297 g/mol. The summed E-state index contributed by atoms with van der Waals surface area (Å²) < 4.78 is 13.9. The number of para-hydroxylation sites is 1. The Balaban J connectivity index is 2.02. The van der Waals surface area contributed by atoms with Crippen molar-refractivity contribution in [3.05, 3.63) is 52.8 Å². The van der Waals surface area contributed by atoms with Crippen LogP contribution in [0.25, 0.3) is 22.2 Å². The van der Waals surface area contributed by atoms with Crippen LogP contribution in [0.2, 0.25) is 0 Å². The van der Waals surface area contributed by atoms with Crippen LogP contribution in [0.5, 0.6) is 5.75 Å². The van der Waals surface area contributed by atoms with Gasteiger partial charge in [0.15, 0.2) is 0 Å². The molecule has 1 aliphatic carbocycles. The van der Waals surface area contributed by atoms with Gasteiger partial charge in [-0.2, -0.15) is 0 Å². The van der Waals surface area contributed by atoms with Crippen LogP contribution in [0.4, 0.5) is 4.39 Å². The summed E-state index contributed by atoms with van der Waals surface area (Å²) in [6, 6.07) is 7.88. The Morgan fingerprint density at radius 2 is 2.05 bits per heavy atom. The number of carboxylic acid groups (broad SMARTS) is 1. The first-order valence-corrected chi connectivity index (χ1v) is 6.95. The van der Waals surface area contributed by atoms with E-state index in [0.29, 0.717) is 18.4 Å². The quantitative estimate of drug-likeness (QED) is 0.644. The van der Waals surface area contributed by atoms with E-state index in [1.165, 1.54) is 18.2 Å². The Labute approximate surface area is 124 Å². The van der Waals surface area contributed by atoms with Crippen molar-refractivity contribution in [2.75, 3.05) is 0 Å². The Morgan fingerprint density at radius 1 is 1.23 bits per heavy atom. The van der Waals surface area contributed by atoms with Crippen molar-refractivity contribution < 1.29 is 19.4 Å². The number of carboxylic acids is 1. The molecule has 0 fully saturated rings. The lowest BCUT2D eigenvalue weighted by atomic mass is 9.87. The second-order valence-electron chi connectivity index (χ2n) is 5.47. The molecule has 0 spiro atoms. The molecule has 0 aliphatic heterocycles. The molecule has 0 radical (unpaired) electrons. The molecule has 0 amide bonds. The minimum absolute atomic E-state index is 0.107. The summed E-state index contributed by atoms with van der Waals surface area (Å²) in [6.07, 6.45) is 1.36. The van der Waals surface area contributed by atoms with Crippen molar-refractivity contribution in [1.29, 1.82) is 0 Å². The third-order valence-corrected chi connectivity index (χ3v) is 4.26. The van der Waals surface area contributed by atoms with Crippen LogP contribution in [-0.2, 0) is 12.8 Å². The molecule has 0 saturated heterocycles. The predicted molar refractivity (Wildman–Crippen MR) is 79.7 cm³/mol. The van der Waals surface area contributed by atoms with E-state index in [-0.39, 0.29) is 17.1 Å². The molecular formula is C17H12FNO3. The highest BCUT2D eigenvalue weighted by molar-refractivity contribution is 5.96. The van der Waals surface area contributed by atoms with Crippen LogP contribution < -0.4 is 0 Å². The molecule has 4 nitrogen and oxygen atoms in total. The van der Waals surface area contributed by atoms with E-state index < -0.39 is 5.97 Å². The zero-order valence-corrected chi connectivity index (χ0v) is 11.5. The van der Waals surface area contributed by atoms with E-state index in [1.807, 2.05) is 6.07 Å². The van der Waals surface area contributed by atoms with Crippen LogP contribution in [0, 0.1) is 5.82 Å². The topological polar surface area (TPSA) is 73.3 Å². The molecule has 22 heavy (non-hydrogen) atoms. The summed E-state index contributed by atoms with van der Waals surface area (Å²) in [5, 5.41) is 19.9. The fourth-order valence-electron chi connectivity index (χ4n) is 3.23. The second-order valence-corrected chi connectivity index (χ2v) is 5.47. The van der Waals surface area contributed by atoms with Crippen LogP contribution in [0.15, 0.2) is 30.3 Å². The van der Waals surface area contributed by atoms with E-state index in [4.69, 9.17) is 5.11 Å². The highest BCUT2D eigenvalue weighted by atomic mass is 19.1. The number of fused-ring (bicyclic) bond motifs is 5. The van der Waals surface area contributed by atoms with Gasteiger partial charge in [0.2, 0.25) is 0 Å². The lowest BCUT2D eigenvalue weighted by Gasteiger charge is -2.18. The Bertz CT molecular complexity index is 943. The summed E-state index contributed by atoms with van der Waals surface area (Å²) >= 11 is 0. The third-order valence-electron chi connectivity index (χ3n) is 4.26. The molecule has 3 N–H and O–H groups in total. The maximum Gasteiger partial charge on any atom is 0.339 e. The van der Waals surface area contributed by atoms with Gasteiger partial charge in [-0.1, -0.05) is 12.1 Å². The van der Waals surface area contributed by atoms with Gasteiger partial charge in [0.05, 0.1) is 11.2 Å². The van der Waals surface area contributed by atoms with Gasteiger partial charge in [0, 0.05) is 10.9 Å². The Kier molecular flexibility index (Phi) is 2.54. The fourth-order valence-corrected chi connectivity index (χ4v) is 3.23. The van der Waals surface area contributed by atoms with Gasteiger partial charge < -0.3 is 15.2 Å². The van der Waals surface area contributed by atoms with Gasteiger partial charge in [-0.3, -0.25) is 0 Å². The normalized spacial score (nSPS) is 13.0. The molecule has 1 aliphatic rings. The highest BCUT2D eigenvalue weighted by Gasteiger charge is 2.24. The number of aromatic nitrogens is 1. The third kappa shape index (κ3) is 1.65. The average Bonchev–Trinajstić information content (AvgIpc) is 2.87. The number of aryl methyl sites for hydroxylation is 2. The number of aromatic carboxylic acids is 1. The molecule has 0 atom stereocenters. The summed E-state index contributed by atoms with van der Waals surface area (Å²) in [7, 11) is 0. The minimum atomic E-state index is -1.16. The number of phenols is 1. The van der Waals surface area contributed by atoms with Gasteiger partial charge in [-0.05, 0) is 42.2 Å². The van der Waals surface area contributed by atoms with Crippen LogP contribution in [0.3, 0.4) is 0 Å². The van der Waals surface area contributed by atoms with Crippen LogP contribution >= 0.6 is 0 Å². The van der Waals surface area contributed by atoms with E-state index in [9.17, 15) is 14.3 Å². The number of rotatable bonds is 1. The molecule has 0 unspecified atom stereocenters. The monoisotopic (exact) mass is 297 g/mol. The maximum atomic E-state index is 13.9. The molecule has 1 aromatic heterocycles. The number of hydrogen-bond donors (Lipinski definition) is 3. The first-order chi connectivity index (χ1) is 10.6. The standard InChI is InChI=1S/C17H12FNO3/c18-13-3-1-2-9-10-5-4-8-6-12(17(21)22)14(20)7-11(8)15(10)19-16(9)13/h1-3,6-7,19-20H,4-5H2,(H,21,22). The van der Waals surface area contributed by atoms with Crippen molar-refractivity contribution in [3.8, 4) is 17.0 Å². The number of aromatic hydroxyl groups is 1. The molecule has 0 bridgehead atoms. The van der Waals surface area contributed by atoms with Gasteiger partial charge in [0.25, 0.3) is 0 Å². The summed E-state index contributed by atoms with van der Waals surface area (Å²) in [5.74, 6) is -1.76. The van der Waals surface area contributed by atoms with Crippen molar-refractivity contribution in [2.24, 2.45) is 0 Å². The predicted octanol–water partition coefficient (Wildman–Crippen LogP) is 3.48. The number of aromatic amines is 1. The first kappa shape index (κ1) is 12.9. The molecule has 4 rings (SSSR count). The lowest BCUT2D eigenvalue weighted by molar-refractivity contribution is 0.0693. The minimum Gasteiger partial charge on any atom is -0.507 e. The molecule has 5 heteroatoms. The van der Waals surface area contributed by atoms with Crippen LogP contribution in [0.1, 0.15) is 21.5 Å². The number of hydrogen-bond acceptors (Lipinski definition) is 2. The lowest BCUT2D eigenvalue weighted by Crippen LogP contribution is -2.06. The number of carbonyl (C=O) groups is 1. The number of nitrogens with one attached hydrogen (secondary N) is 1. The van der Waals surface area contributed by atoms with Gasteiger partial charge >= 0.3 is 5.97 Å². The number of halogens is 1. The SMILES string of the molecule is O=C(O)c1cc2c(cc1O)-c1[nH]c3c(F)cccc3c1CC2. The van der Waals surface area contributed by atoms with E-state index in [2.05, 4.69) is 4.98 Å². The zero-order chi connectivity index (χ0) is 15.4. The van der Waals surface area contributed by atoms with E-state index >= 15 is 0 Å². The molecule has 3 aromatic rings. The number of benzene rings is 2. The molecule has 0 saturated carbocycles. The largest absolute Gasteiger partial charge is 0.507 e. The summed E-state index contributed by atoms with van der Waals surface area (Å²) in [5.41, 5.74) is 3.68. The van der Waals surface area contributed by atoms with Crippen molar-refractivity contribution >= 4 is 16.9 Å². The summed E-state index contributed by atoms with van der Waals surface area (Å²) in [6.45, 7) is 0. The van der Waals surface area contributed by atoms with Crippen LogP contribution in [-0.4, -0.2) is 21.2 Å². The molecular weight excluding hydrogens is 285 g/mol. The molecule has 1 heterocycles. The van der Waals surface area contributed by atoms with Gasteiger partial charge in [0.1, 0.15) is 17.1 Å². The maximum absolute atomic E-state index is 13.9. The Morgan fingerprint density at radius 3 is 2.82 bits per heavy atom. The van der Waals surface area contributed by atoms with E-state index in [0.717, 1.165) is 27.8 Å². The first-order valence-electron chi connectivity index (χ1n) is 6.95. The van der Waals surface area contributed by atoms with E-state index in [1.54, 1.807) is 6.07 Å². The zero-order valence-electron chi connectivity index (χ0n) is 11.5. The smallest absolute Gasteiger partial charge is 0.339 e. The Hall–Kier alpha value is -2.82. The fraction of sp³-hybridized carbons (Fsp3) is 0.118. The van der Waals surface area contributed by atoms with Crippen molar-refractivity contribution in [3.63, 3.8) is 0 Å². The van der Waals surface area contributed by atoms with Crippen molar-refractivity contribution in [2.45, 2.75) is 12.8 Å². The summed E-state index contributed by atoms with van der Waals surface area (Å²) in [4.78, 5) is 14.2.